The minimum absolute atomic E-state index is 0.00700. The van der Waals surface area contributed by atoms with Crippen molar-refractivity contribution in [3.05, 3.63) is 54.1 Å². The molecule has 0 aliphatic carbocycles. The van der Waals surface area contributed by atoms with Crippen LogP contribution in [0, 0.1) is 0 Å². The van der Waals surface area contributed by atoms with Crippen molar-refractivity contribution >= 4 is 38.9 Å². The Bertz CT molecular complexity index is 940. The molecule has 0 spiro atoms. The zero-order chi connectivity index (χ0) is 19.4. The maximum absolute atomic E-state index is 12.3. The van der Waals surface area contributed by atoms with E-state index in [0.717, 1.165) is 18.5 Å². The van der Waals surface area contributed by atoms with Crippen LogP contribution in [-0.2, 0) is 14.8 Å². The van der Waals surface area contributed by atoms with Gasteiger partial charge < -0.3 is 15.5 Å². The molecular weight excluding hydrogens is 368 g/mol. The zero-order valence-corrected chi connectivity index (χ0v) is 15.5. The molecular formula is C18H20N4O4S. The molecule has 1 saturated heterocycles. The molecule has 0 aromatic heterocycles. The van der Waals surface area contributed by atoms with Crippen molar-refractivity contribution in [2.75, 3.05) is 40.8 Å². The van der Waals surface area contributed by atoms with Crippen LogP contribution >= 0.6 is 0 Å². The Morgan fingerprint density at radius 1 is 1.04 bits per heavy atom. The Morgan fingerprint density at radius 2 is 1.67 bits per heavy atom. The number of nitrogens with one attached hydrogen (secondary N) is 3. The highest BCUT2D eigenvalue weighted by atomic mass is 32.2. The van der Waals surface area contributed by atoms with Crippen molar-refractivity contribution in [3.8, 4) is 0 Å². The smallest absolute Gasteiger partial charge is 0.255 e. The lowest BCUT2D eigenvalue weighted by Gasteiger charge is -2.28. The number of benzene rings is 2. The molecule has 1 heterocycles. The molecule has 2 aromatic carbocycles. The van der Waals surface area contributed by atoms with Gasteiger partial charge in [0.05, 0.1) is 12.8 Å². The van der Waals surface area contributed by atoms with Crippen molar-refractivity contribution in [2.45, 2.75) is 0 Å². The van der Waals surface area contributed by atoms with Gasteiger partial charge in [-0.05, 0) is 48.5 Å². The fourth-order valence-electron chi connectivity index (χ4n) is 2.72. The summed E-state index contributed by atoms with van der Waals surface area (Å²) in [7, 11) is -3.36. The molecule has 3 rings (SSSR count). The fraction of sp³-hybridized carbons (Fsp3) is 0.222. The minimum Gasteiger partial charge on any atom is -0.360 e. The third-order valence-electron chi connectivity index (χ3n) is 3.98. The van der Waals surface area contributed by atoms with Crippen LogP contribution in [0.2, 0.25) is 0 Å². The minimum atomic E-state index is -3.36. The van der Waals surface area contributed by atoms with E-state index in [9.17, 15) is 18.0 Å². The number of hydrogen-bond donors (Lipinski definition) is 3. The first kappa shape index (κ1) is 18.7. The van der Waals surface area contributed by atoms with Gasteiger partial charge in [0, 0.05) is 35.7 Å². The number of amides is 2. The summed E-state index contributed by atoms with van der Waals surface area (Å²) in [6.07, 6.45) is 1.06. The fourth-order valence-corrected chi connectivity index (χ4v) is 3.29. The summed E-state index contributed by atoms with van der Waals surface area (Å²) in [6, 6.07) is 13.4. The average molecular weight is 388 g/mol. The SMILES string of the molecule is CS(=O)(=O)Nc1ccc(C(=O)Nc2ccc(N3CCNC(=O)C3)cc2)cc1. The molecule has 1 fully saturated rings. The van der Waals surface area contributed by atoms with Crippen molar-refractivity contribution in [1.29, 1.82) is 0 Å². The number of carbonyl (C=O) groups is 2. The predicted molar refractivity (Wildman–Crippen MR) is 105 cm³/mol. The quantitative estimate of drug-likeness (QED) is 0.714. The molecule has 8 nitrogen and oxygen atoms in total. The van der Waals surface area contributed by atoms with E-state index in [1.807, 2.05) is 17.0 Å². The summed E-state index contributed by atoms with van der Waals surface area (Å²) in [5.41, 5.74) is 2.34. The average Bonchev–Trinajstić information content (AvgIpc) is 2.61. The van der Waals surface area contributed by atoms with Gasteiger partial charge in [-0.25, -0.2) is 8.42 Å². The van der Waals surface area contributed by atoms with E-state index < -0.39 is 10.0 Å². The van der Waals surface area contributed by atoms with Gasteiger partial charge in [0.1, 0.15) is 0 Å². The maximum Gasteiger partial charge on any atom is 0.255 e. The third-order valence-corrected chi connectivity index (χ3v) is 4.59. The monoisotopic (exact) mass is 388 g/mol. The number of anilines is 3. The Labute approximate surface area is 157 Å². The normalized spacial score (nSPS) is 14.4. The standard InChI is InChI=1S/C18H20N4O4S/c1-27(25,26)21-15-4-2-13(3-5-15)18(24)20-14-6-8-16(9-7-14)22-11-10-19-17(23)12-22/h2-9,21H,10-12H2,1H3,(H,19,23)(H,20,24). The topological polar surface area (TPSA) is 108 Å². The van der Waals surface area contributed by atoms with Gasteiger partial charge in [0.25, 0.3) is 5.91 Å². The van der Waals surface area contributed by atoms with Crippen molar-refractivity contribution in [3.63, 3.8) is 0 Å². The predicted octanol–water partition coefficient (Wildman–Crippen LogP) is 1.25. The summed E-state index contributed by atoms with van der Waals surface area (Å²) < 4.78 is 24.8. The van der Waals surface area contributed by atoms with Crippen LogP contribution < -0.4 is 20.3 Å². The van der Waals surface area contributed by atoms with Crippen LogP contribution in [0.3, 0.4) is 0 Å². The first-order valence-electron chi connectivity index (χ1n) is 8.31. The van der Waals surface area contributed by atoms with Gasteiger partial charge in [0.15, 0.2) is 0 Å². The molecule has 1 aliphatic rings. The summed E-state index contributed by atoms with van der Waals surface area (Å²) >= 11 is 0. The highest BCUT2D eigenvalue weighted by Crippen LogP contribution is 2.19. The van der Waals surface area contributed by atoms with Crippen LogP contribution in [-0.4, -0.2) is 46.1 Å². The van der Waals surface area contributed by atoms with E-state index in [1.165, 1.54) is 12.1 Å². The lowest BCUT2D eigenvalue weighted by molar-refractivity contribution is -0.120. The first-order chi connectivity index (χ1) is 12.8. The van der Waals surface area contributed by atoms with Crippen molar-refractivity contribution in [2.24, 2.45) is 0 Å². The van der Waals surface area contributed by atoms with E-state index in [2.05, 4.69) is 15.4 Å². The molecule has 3 N–H and O–H groups in total. The Kier molecular flexibility index (Phi) is 5.31. The Balaban J connectivity index is 1.63. The van der Waals surface area contributed by atoms with E-state index >= 15 is 0 Å². The summed E-state index contributed by atoms with van der Waals surface area (Å²) in [6.45, 7) is 1.67. The number of carbonyl (C=O) groups excluding carboxylic acids is 2. The molecule has 1 aliphatic heterocycles. The van der Waals surface area contributed by atoms with Gasteiger partial charge in [-0.3, -0.25) is 14.3 Å². The van der Waals surface area contributed by atoms with E-state index in [0.29, 0.717) is 30.0 Å². The number of hydrogen-bond acceptors (Lipinski definition) is 5. The lowest BCUT2D eigenvalue weighted by atomic mass is 10.2. The van der Waals surface area contributed by atoms with Crippen molar-refractivity contribution < 1.29 is 18.0 Å². The molecule has 0 unspecified atom stereocenters. The molecule has 2 amide bonds. The van der Waals surface area contributed by atoms with Crippen LogP contribution in [0.4, 0.5) is 17.1 Å². The Morgan fingerprint density at radius 3 is 2.26 bits per heavy atom. The highest BCUT2D eigenvalue weighted by Gasteiger charge is 2.16. The van der Waals surface area contributed by atoms with E-state index in [-0.39, 0.29) is 11.8 Å². The molecule has 2 aromatic rings. The largest absolute Gasteiger partial charge is 0.360 e. The van der Waals surface area contributed by atoms with Crippen LogP contribution in [0.1, 0.15) is 10.4 Å². The second-order valence-electron chi connectivity index (χ2n) is 6.22. The molecule has 27 heavy (non-hydrogen) atoms. The van der Waals surface area contributed by atoms with Gasteiger partial charge in [0.2, 0.25) is 15.9 Å². The van der Waals surface area contributed by atoms with Crippen molar-refractivity contribution in [1.82, 2.24) is 5.32 Å². The molecule has 142 valence electrons. The van der Waals surface area contributed by atoms with E-state index in [1.54, 1.807) is 24.3 Å². The van der Waals surface area contributed by atoms with Crippen LogP contribution in [0.25, 0.3) is 0 Å². The second kappa shape index (κ2) is 7.67. The van der Waals surface area contributed by atoms with Gasteiger partial charge in [-0.2, -0.15) is 0 Å². The molecule has 0 bridgehead atoms. The lowest BCUT2D eigenvalue weighted by Crippen LogP contribution is -2.47. The summed E-state index contributed by atoms with van der Waals surface area (Å²) in [4.78, 5) is 25.8. The number of rotatable bonds is 5. The maximum atomic E-state index is 12.3. The van der Waals surface area contributed by atoms with Crippen LogP contribution in [0.5, 0.6) is 0 Å². The first-order valence-corrected chi connectivity index (χ1v) is 10.2. The van der Waals surface area contributed by atoms with Gasteiger partial charge >= 0.3 is 0 Å². The van der Waals surface area contributed by atoms with Gasteiger partial charge in [-0.1, -0.05) is 0 Å². The highest BCUT2D eigenvalue weighted by molar-refractivity contribution is 7.92. The Hall–Kier alpha value is -3.07. The molecule has 9 heteroatoms. The number of piperazine rings is 1. The second-order valence-corrected chi connectivity index (χ2v) is 7.97. The third kappa shape index (κ3) is 5.20. The number of sulfonamides is 1. The zero-order valence-electron chi connectivity index (χ0n) is 14.7. The molecule has 0 saturated carbocycles. The molecule has 0 atom stereocenters. The van der Waals surface area contributed by atoms with E-state index in [4.69, 9.17) is 0 Å². The molecule has 0 radical (unpaired) electrons. The summed E-state index contributed by atoms with van der Waals surface area (Å²) in [5.74, 6) is -0.307. The summed E-state index contributed by atoms with van der Waals surface area (Å²) in [5, 5.41) is 5.57. The van der Waals surface area contributed by atoms with Crippen LogP contribution in [0.15, 0.2) is 48.5 Å². The number of nitrogens with zero attached hydrogens (tertiary/aromatic N) is 1. The van der Waals surface area contributed by atoms with Gasteiger partial charge in [-0.15, -0.1) is 0 Å².